The van der Waals surface area contributed by atoms with E-state index in [0.717, 1.165) is 0 Å². The molecule has 0 aromatic heterocycles. The van der Waals surface area contributed by atoms with Gasteiger partial charge in [-0.1, -0.05) is 17.7 Å². The van der Waals surface area contributed by atoms with Crippen molar-refractivity contribution in [1.29, 1.82) is 0 Å². The van der Waals surface area contributed by atoms with E-state index in [2.05, 4.69) is 4.72 Å². The molecule has 0 fully saturated rings. The Kier molecular flexibility index (Phi) is 2.73. The van der Waals surface area contributed by atoms with E-state index in [0.29, 0.717) is 10.7 Å². The average Bonchev–Trinajstić information content (AvgIpc) is 1.85. The lowest BCUT2D eigenvalue weighted by molar-refractivity contribution is 0.619. The van der Waals surface area contributed by atoms with Crippen molar-refractivity contribution in [2.75, 3.05) is 4.72 Å². The van der Waals surface area contributed by atoms with Crippen LogP contribution in [0.1, 0.15) is 0 Å². The van der Waals surface area contributed by atoms with E-state index in [9.17, 15) is 8.42 Å². The summed E-state index contributed by atoms with van der Waals surface area (Å²) < 4.78 is 22.5. The van der Waals surface area contributed by atoms with Crippen LogP contribution in [0.2, 0.25) is 5.02 Å². The smallest absolute Gasteiger partial charge is 0.222 e. The Morgan fingerprint density at radius 1 is 1.36 bits per heavy atom. The minimum atomic E-state index is -2.60. The van der Waals surface area contributed by atoms with E-state index in [4.69, 9.17) is 11.6 Å². The molecule has 5 heteroatoms. The number of halogens is 1. The number of hydrogen-bond acceptors (Lipinski definition) is 2. The van der Waals surface area contributed by atoms with Crippen LogP contribution in [-0.2, 0) is 10.9 Å². The van der Waals surface area contributed by atoms with Crippen LogP contribution in [0.3, 0.4) is 0 Å². The Morgan fingerprint density at radius 2 is 2.09 bits per heavy atom. The Labute approximate surface area is 71.1 Å². The van der Waals surface area contributed by atoms with Crippen LogP contribution in [-0.4, -0.2) is 8.42 Å². The molecule has 11 heavy (non-hydrogen) atoms. The predicted molar refractivity (Wildman–Crippen MR) is 45.4 cm³/mol. The van der Waals surface area contributed by atoms with Gasteiger partial charge in [0, 0.05) is 10.7 Å². The SMILES string of the molecule is O=[SH](=O)Nc1cccc(Cl)c1. The van der Waals surface area contributed by atoms with E-state index in [-0.39, 0.29) is 0 Å². The van der Waals surface area contributed by atoms with Crippen molar-refractivity contribution in [3.8, 4) is 0 Å². The molecule has 0 aliphatic carbocycles. The molecule has 3 nitrogen and oxygen atoms in total. The van der Waals surface area contributed by atoms with Crippen molar-refractivity contribution in [2.24, 2.45) is 0 Å². The molecular formula is C6H6ClNO2S. The van der Waals surface area contributed by atoms with E-state index in [1.54, 1.807) is 18.2 Å². The first-order valence-electron chi connectivity index (χ1n) is 2.85. The first-order valence-corrected chi connectivity index (χ1v) is 4.40. The third-order valence-electron chi connectivity index (χ3n) is 1.05. The van der Waals surface area contributed by atoms with Gasteiger partial charge in [0.25, 0.3) is 0 Å². The summed E-state index contributed by atoms with van der Waals surface area (Å²) in [4.78, 5) is 0. The molecule has 0 saturated carbocycles. The predicted octanol–water partition coefficient (Wildman–Crippen LogP) is 1.28. The minimum absolute atomic E-state index is 0.480. The molecule has 1 N–H and O–H groups in total. The van der Waals surface area contributed by atoms with Crippen molar-refractivity contribution in [1.82, 2.24) is 0 Å². The fourth-order valence-electron chi connectivity index (χ4n) is 0.663. The molecule has 1 aromatic rings. The summed E-state index contributed by atoms with van der Waals surface area (Å²) in [6.45, 7) is 0. The van der Waals surface area contributed by atoms with Crippen LogP contribution in [0.25, 0.3) is 0 Å². The van der Waals surface area contributed by atoms with Crippen molar-refractivity contribution in [3.63, 3.8) is 0 Å². The molecule has 0 aliphatic heterocycles. The maximum atomic E-state index is 10.2. The highest BCUT2D eigenvalue weighted by Crippen LogP contribution is 2.14. The molecule has 0 radical (unpaired) electrons. The van der Waals surface area contributed by atoms with Gasteiger partial charge in [0.15, 0.2) is 0 Å². The van der Waals surface area contributed by atoms with Crippen LogP contribution in [0.15, 0.2) is 24.3 Å². The highest BCUT2D eigenvalue weighted by atomic mass is 35.5. The maximum absolute atomic E-state index is 10.2. The Bertz CT molecular complexity index is 316. The summed E-state index contributed by atoms with van der Waals surface area (Å²) >= 11 is 5.59. The van der Waals surface area contributed by atoms with Crippen LogP contribution >= 0.6 is 11.6 Å². The van der Waals surface area contributed by atoms with E-state index < -0.39 is 10.9 Å². The second-order valence-electron chi connectivity index (χ2n) is 1.88. The number of anilines is 1. The summed E-state index contributed by atoms with van der Waals surface area (Å²) in [5.41, 5.74) is 0.480. The molecular weight excluding hydrogens is 186 g/mol. The molecule has 0 unspecified atom stereocenters. The fraction of sp³-hybridized carbons (Fsp3) is 0. The van der Waals surface area contributed by atoms with Crippen molar-refractivity contribution < 1.29 is 8.42 Å². The second-order valence-corrected chi connectivity index (χ2v) is 3.05. The summed E-state index contributed by atoms with van der Waals surface area (Å²) in [7, 11) is -2.60. The molecule has 0 heterocycles. The first-order chi connectivity index (χ1) is 5.18. The highest BCUT2D eigenvalue weighted by Gasteiger charge is 1.91. The van der Waals surface area contributed by atoms with Gasteiger partial charge in [-0.25, -0.2) is 8.42 Å². The zero-order valence-electron chi connectivity index (χ0n) is 5.45. The van der Waals surface area contributed by atoms with Crippen LogP contribution < -0.4 is 4.72 Å². The van der Waals surface area contributed by atoms with Crippen molar-refractivity contribution >= 4 is 28.2 Å². The first kappa shape index (κ1) is 8.36. The van der Waals surface area contributed by atoms with Gasteiger partial charge in [-0.3, -0.25) is 4.72 Å². The van der Waals surface area contributed by atoms with Crippen LogP contribution in [0.5, 0.6) is 0 Å². The van der Waals surface area contributed by atoms with Gasteiger partial charge in [0.2, 0.25) is 10.9 Å². The summed E-state index contributed by atoms with van der Waals surface area (Å²) in [5.74, 6) is 0. The van der Waals surface area contributed by atoms with Crippen molar-refractivity contribution in [2.45, 2.75) is 0 Å². The Balaban J connectivity index is 2.87. The zero-order chi connectivity index (χ0) is 8.27. The van der Waals surface area contributed by atoms with Gasteiger partial charge in [-0.05, 0) is 18.2 Å². The van der Waals surface area contributed by atoms with Gasteiger partial charge in [-0.2, -0.15) is 0 Å². The lowest BCUT2D eigenvalue weighted by Gasteiger charge is -1.96. The molecule has 1 aromatic carbocycles. The maximum Gasteiger partial charge on any atom is 0.222 e. The van der Waals surface area contributed by atoms with Crippen LogP contribution in [0.4, 0.5) is 5.69 Å². The number of thiol groups is 1. The molecule has 1 rings (SSSR count). The molecule has 0 spiro atoms. The number of benzene rings is 1. The quantitative estimate of drug-likeness (QED) is 0.692. The number of rotatable bonds is 2. The lowest BCUT2D eigenvalue weighted by Crippen LogP contribution is -1.93. The second kappa shape index (κ2) is 3.59. The third-order valence-corrected chi connectivity index (χ3v) is 1.72. The molecule has 0 atom stereocenters. The molecule has 0 aliphatic rings. The van der Waals surface area contributed by atoms with Crippen molar-refractivity contribution in [3.05, 3.63) is 29.3 Å². The summed E-state index contributed by atoms with van der Waals surface area (Å²) in [5, 5.41) is 0.506. The van der Waals surface area contributed by atoms with Gasteiger partial charge >= 0.3 is 0 Å². The number of hydrogen-bond donors (Lipinski definition) is 2. The molecule has 0 saturated heterocycles. The van der Waals surface area contributed by atoms with Gasteiger partial charge in [0.1, 0.15) is 0 Å². The Morgan fingerprint density at radius 3 is 2.64 bits per heavy atom. The molecule has 0 amide bonds. The highest BCUT2D eigenvalue weighted by molar-refractivity contribution is 7.73. The fourth-order valence-corrected chi connectivity index (χ4v) is 1.20. The van der Waals surface area contributed by atoms with Crippen LogP contribution in [0, 0.1) is 0 Å². The average molecular weight is 192 g/mol. The van der Waals surface area contributed by atoms with E-state index >= 15 is 0 Å². The Hall–Kier alpha value is -0.740. The zero-order valence-corrected chi connectivity index (χ0v) is 7.10. The van der Waals surface area contributed by atoms with E-state index in [1.807, 2.05) is 0 Å². The van der Waals surface area contributed by atoms with E-state index in [1.165, 1.54) is 6.07 Å². The normalized spacial score (nSPS) is 10.0. The lowest BCUT2D eigenvalue weighted by atomic mass is 10.3. The largest absolute Gasteiger partial charge is 0.286 e. The topological polar surface area (TPSA) is 46.2 Å². The number of nitrogens with one attached hydrogen (secondary N) is 1. The van der Waals surface area contributed by atoms with Gasteiger partial charge < -0.3 is 0 Å². The minimum Gasteiger partial charge on any atom is -0.286 e. The third kappa shape index (κ3) is 2.78. The molecule has 0 bridgehead atoms. The summed E-state index contributed by atoms with van der Waals surface area (Å²) in [6.07, 6.45) is 0. The summed E-state index contributed by atoms with van der Waals surface area (Å²) in [6, 6.07) is 6.50. The molecule has 60 valence electrons. The standard InChI is InChI=1S/C6H6ClNO2S/c7-5-2-1-3-6(4-5)8-11(9)10/h1-4,11H,(H,8,9,10). The monoisotopic (exact) mass is 191 g/mol. The van der Waals surface area contributed by atoms with Gasteiger partial charge in [-0.15, -0.1) is 0 Å². The van der Waals surface area contributed by atoms with Gasteiger partial charge in [0.05, 0.1) is 0 Å².